The molecule has 0 saturated heterocycles. The molecule has 1 aliphatic rings. The molecule has 5 rings (SSSR count). The van der Waals surface area contributed by atoms with Crippen molar-refractivity contribution >= 4 is 44.8 Å². The number of nitrogens with zero attached hydrogens (tertiary/aromatic N) is 2. The van der Waals surface area contributed by atoms with Crippen LogP contribution < -0.4 is 0 Å². The fraction of sp³-hybridized carbons (Fsp3) is 0.120. The van der Waals surface area contributed by atoms with Gasteiger partial charge in [-0.15, -0.1) is 0 Å². The number of rotatable bonds is 2. The predicted molar refractivity (Wildman–Crippen MR) is 118 cm³/mol. The van der Waals surface area contributed by atoms with E-state index in [0.717, 1.165) is 32.9 Å². The second-order valence-corrected chi connectivity index (χ2v) is 7.69. The molecule has 0 saturated carbocycles. The number of phenols is 1. The fourth-order valence-electron chi connectivity index (χ4n) is 4.06. The molecule has 0 radical (unpaired) electrons. The molecule has 136 valence electrons. The zero-order valence-electron chi connectivity index (χ0n) is 15.8. The number of hydrogen-bond donors (Lipinski definition) is 1. The summed E-state index contributed by atoms with van der Waals surface area (Å²) in [5.74, 6) is 0.208. The average molecular weight is 364 g/mol. The van der Waals surface area contributed by atoms with Crippen LogP contribution in [0.2, 0.25) is 0 Å². The SMILES string of the molecule is CC1(C)C(C=Nc2c(O)c3ccccc3c3ccccc23)=Nc2ccccc21. The third kappa shape index (κ3) is 2.36. The Morgan fingerprint density at radius 1 is 0.786 bits per heavy atom. The summed E-state index contributed by atoms with van der Waals surface area (Å²) in [5.41, 5.74) is 3.45. The minimum Gasteiger partial charge on any atom is -0.505 e. The zero-order valence-corrected chi connectivity index (χ0v) is 15.8. The summed E-state index contributed by atoms with van der Waals surface area (Å²) >= 11 is 0. The number of hydrogen-bond acceptors (Lipinski definition) is 3. The van der Waals surface area contributed by atoms with Gasteiger partial charge in [0.2, 0.25) is 0 Å². The van der Waals surface area contributed by atoms with Crippen LogP contribution in [0.1, 0.15) is 19.4 Å². The summed E-state index contributed by atoms with van der Waals surface area (Å²) in [7, 11) is 0. The maximum absolute atomic E-state index is 11.0. The molecule has 28 heavy (non-hydrogen) atoms. The van der Waals surface area contributed by atoms with E-state index in [1.807, 2.05) is 60.7 Å². The first-order valence-electron chi connectivity index (χ1n) is 9.42. The molecule has 4 aromatic rings. The number of fused-ring (bicyclic) bond motifs is 4. The van der Waals surface area contributed by atoms with Gasteiger partial charge in [-0.2, -0.15) is 0 Å². The van der Waals surface area contributed by atoms with E-state index in [9.17, 15) is 5.11 Å². The lowest BCUT2D eigenvalue weighted by atomic mass is 9.82. The van der Waals surface area contributed by atoms with E-state index >= 15 is 0 Å². The Morgan fingerprint density at radius 3 is 2.07 bits per heavy atom. The Kier molecular flexibility index (Phi) is 3.59. The first-order chi connectivity index (χ1) is 13.6. The molecule has 0 unspecified atom stereocenters. The van der Waals surface area contributed by atoms with Gasteiger partial charge in [0.1, 0.15) is 11.4 Å². The monoisotopic (exact) mass is 364 g/mol. The highest BCUT2D eigenvalue weighted by atomic mass is 16.3. The van der Waals surface area contributed by atoms with Crippen molar-refractivity contribution in [3.63, 3.8) is 0 Å². The summed E-state index contributed by atoms with van der Waals surface area (Å²) in [5, 5.41) is 14.8. The van der Waals surface area contributed by atoms with Crippen molar-refractivity contribution in [2.75, 3.05) is 0 Å². The summed E-state index contributed by atoms with van der Waals surface area (Å²) in [6.45, 7) is 4.31. The second-order valence-electron chi connectivity index (χ2n) is 7.69. The van der Waals surface area contributed by atoms with E-state index < -0.39 is 0 Å². The van der Waals surface area contributed by atoms with Crippen LogP contribution in [0.4, 0.5) is 11.4 Å². The standard InChI is InChI=1S/C25H20N2O/c1-25(2)20-13-7-8-14-21(20)27-22(25)15-26-23-18-11-5-3-9-16(18)17-10-4-6-12-19(17)24(23)28/h3-15,28H,1-2H3. The van der Waals surface area contributed by atoms with Crippen LogP contribution in [-0.4, -0.2) is 17.0 Å². The molecular weight excluding hydrogens is 344 g/mol. The first kappa shape index (κ1) is 16.7. The minimum absolute atomic E-state index is 0.208. The zero-order chi connectivity index (χ0) is 19.3. The van der Waals surface area contributed by atoms with Crippen LogP contribution in [0, 0.1) is 0 Å². The summed E-state index contributed by atoms with van der Waals surface area (Å²) in [6.07, 6.45) is 1.80. The van der Waals surface area contributed by atoms with Crippen LogP contribution in [0.5, 0.6) is 5.75 Å². The van der Waals surface area contributed by atoms with Crippen LogP contribution >= 0.6 is 0 Å². The van der Waals surface area contributed by atoms with Gasteiger partial charge in [-0.05, 0) is 22.4 Å². The normalized spacial score (nSPS) is 15.3. The van der Waals surface area contributed by atoms with E-state index in [0.29, 0.717) is 5.69 Å². The van der Waals surface area contributed by atoms with Crippen LogP contribution in [-0.2, 0) is 5.41 Å². The largest absolute Gasteiger partial charge is 0.505 e. The Morgan fingerprint density at radius 2 is 1.36 bits per heavy atom. The summed E-state index contributed by atoms with van der Waals surface area (Å²) < 4.78 is 0. The lowest BCUT2D eigenvalue weighted by molar-refractivity contribution is 0.484. The third-order valence-electron chi connectivity index (χ3n) is 5.65. The summed E-state index contributed by atoms with van der Waals surface area (Å²) in [4.78, 5) is 9.52. The van der Waals surface area contributed by atoms with Gasteiger partial charge in [0.25, 0.3) is 0 Å². The molecule has 0 spiro atoms. The van der Waals surface area contributed by atoms with Crippen molar-refractivity contribution in [1.82, 2.24) is 0 Å². The van der Waals surface area contributed by atoms with Crippen molar-refractivity contribution < 1.29 is 5.11 Å². The number of para-hydroxylation sites is 1. The van der Waals surface area contributed by atoms with Gasteiger partial charge in [0, 0.05) is 16.2 Å². The van der Waals surface area contributed by atoms with E-state index in [1.54, 1.807) is 6.21 Å². The van der Waals surface area contributed by atoms with Crippen LogP contribution in [0.25, 0.3) is 21.5 Å². The van der Waals surface area contributed by atoms with E-state index in [1.165, 1.54) is 5.56 Å². The van der Waals surface area contributed by atoms with Crippen LogP contribution in [0.3, 0.4) is 0 Å². The Balaban J connectivity index is 1.70. The highest BCUT2D eigenvalue weighted by Crippen LogP contribution is 2.43. The molecule has 0 amide bonds. The van der Waals surface area contributed by atoms with Crippen molar-refractivity contribution in [2.45, 2.75) is 19.3 Å². The molecule has 1 heterocycles. The van der Waals surface area contributed by atoms with Gasteiger partial charge in [-0.3, -0.25) is 9.98 Å². The van der Waals surface area contributed by atoms with Crippen LogP contribution in [0.15, 0.2) is 82.8 Å². The molecule has 1 N–H and O–H groups in total. The Hall–Kier alpha value is -3.46. The molecule has 0 fully saturated rings. The topological polar surface area (TPSA) is 45.0 Å². The molecular formula is C25H20N2O. The van der Waals surface area contributed by atoms with Crippen molar-refractivity contribution in [1.29, 1.82) is 0 Å². The van der Waals surface area contributed by atoms with Gasteiger partial charge in [0.05, 0.1) is 17.6 Å². The van der Waals surface area contributed by atoms with Gasteiger partial charge in [-0.25, -0.2) is 0 Å². The van der Waals surface area contributed by atoms with E-state index in [-0.39, 0.29) is 11.2 Å². The molecule has 4 aromatic carbocycles. The molecule has 0 aromatic heterocycles. The third-order valence-corrected chi connectivity index (χ3v) is 5.65. The first-order valence-corrected chi connectivity index (χ1v) is 9.42. The number of benzene rings is 4. The quantitative estimate of drug-likeness (QED) is 0.322. The highest BCUT2D eigenvalue weighted by molar-refractivity contribution is 6.37. The number of aliphatic imine (C=N–C) groups is 2. The molecule has 3 nitrogen and oxygen atoms in total. The second kappa shape index (κ2) is 6.03. The Labute approximate surface area is 163 Å². The minimum atomic E-state index is -0.220. The molecule has 0 atom stereocenters. The Bertz CT molecular complexity index is 1300. The van der Waals surface area contributed by atoms with Gasteiger partial charge >= 0.3 is 0 Å². The average Bonchev–Trinajstić information content (AvgIpc) is 2.98. The smallest absolute Gasteiger partial charge is 0.149 e. The fourth-order valence-corrected chi connectivity index (χ4v) is 4.06. The maximum Gasteiger partial charge on any atom is 0.149 e. The number of phenolic OH excluding ortho intramolecular Hbond substituents is 1. The summed E-state index contributed by atoms with van der Waals surface area (Å²) in [6, 6.07) is 24.1. The van der Waals surface area contributed by atoms with Gasteiger partial charge < -0.3 is 5.11 Å². The lowest BCUT2D eigenvalue weighted by Crippen LogP contribution is -2.26. The van der Waals surface area contributed by atoms with E-state index in [2.05, 4.69) is 26.0 Å². The molecule has 0 bridgehead atoms. The maximum atomic E-state index is 11.0. The lowest BCUT2D eigenvalue weighted by Gasteiger charge is -2.19. The highest BCUT2D eigenvalue weighted by Gasteiger charge is 2.33. The van der Waals surface area contributed by atoms with Crippen molar-refractivity contribution in [3.8, 4) is 5.75 Å². The molecule has 3 heteroatoms. The van der Waals surface area contributed by atoms with Gasteiger partial charge in [0.15, 0.2) is 0 Å². The van der Waals surface area contributed by atoms with Crippen molar-refractivity contribution in [2.24, 2.45) is 9.98 Å². The molecule has 1 aliphatic heterocycles. The van der Waals surface area contributed by atoms with E-state index in [4.69, 9.17) is 9.98 Å². The van der Waals surface area contributed by atoms with Crippen molar-refractivity contribution in [3.05, 3.63) is 78.4 Å². The predicted octanol–water partition coefficient (Wildman–Crippen LogP) is 6.46. The molecule has 0 aliphatic carbocycles. The number of aromatic hydroxyl groups is 1. The van der Waals surface area contributed by atoms with Gasteiger partial charge in [-0.1, -0.05) is 80.6 Å².